The third-order valence-corrected chi connectivity index (χ3v) is 9.06. The van der Waals surface area contributed by atoms with Crippen LogP contribution in [0.15, 0.2) is 40.2 Å². The van der Waals surface area contributed by atoms with Crippen LogP contribution in [0.3, 0.4) is 0 Å². The van der Waals surface area contributed by atoms with Crippen molar-refractivity contribution in [2.75, 3.05) is 26.8 Å². The summed E-state index contributed by atoms with van der Waals surface area (Å²) in [5.74, 6) is -0.225. The Labute approximate surface area is 252 Å². The van der Waals surface area contributed by atoms with Crippen LogP contribution in [0.4, 0.5) is 4.39 Å². The molecule has 3 aromatic heterocycles. The number of halogens is 1. The van der Waals surface area contributed by atoms with E-state index in [1.54, 1.807) is 25.7 Å². The molecule has 1 saturated heterocycles. The molecule has 1 fully saturated rings. The number of nitrogens with zero attached hydrogens (tertiary/aromatic N) is 6. The first kappa shape index (κ1) is 30.6. The van der Waals surface area contributed by atoms with Crippen molar-refractivity contribution in [3.63, 3.8) is 0 Å². The maximum Gasteiger partial charge on any atom is 0.333 e. The number of fused-ring (bicyclic) bond motifs is 1. The van der Waals surface area contributed by atoms with Crippen LogP contribution in [0.25, 0.3) is 15.2 Å². The number of hydrogen-bond donors (Lipinski definition) is 0. The summed E-state index contributed by atoms with van der Waals surface area (Å²) >= 11 is 1.20. The molecule has 1 aromatic carbocycles. The Bertz CT molecular complexity index is 1750. The second-order valence-electron chi connectivity index (χ2n) is 11.7. The highest BCUT2D eigenvalue weighted by molar-refractivity contribution is 7.21. The van der Waals surface area contributed by atoms with Gasteiger partial charge in [-0.2, -0.15) is 10.2 Å². The molecule has 4 aromatic rings. The number of carbonyl (C=O) groups excluding carboxylic acids is 1. The highest BCUT2D eigenvalue weighted by Crippen LogP contribution is 2.34. The van der Waals surface area contributed by atoms with Crippen molar-refractivity contribution in [2.45, 2.75) is 65.6 Å². The number of carbonyl (C=O) groups is 1. The minimum absolute atomic E-state index is 0.0674. The quantitative estimate of drug-likeness (QED) is 0.266. The molecular weight excluding hydrogens is 575 g/mol. The van der Waals surface area contributed by atoms with Gasteiger partial charge in [0.05, 0.1) is 31.4 Å². The number of hydrogen-bond acceptors (Lipinski definition) is 8. The predicted octanol–water partition coefficient (Wildman–Crippen LogP) is 4.03. The highest BCUT2D eigenvalue weighted by Gasteiger charge is 2.39. The molecule has 1 atom stereocenters. The normalized spacial score (nSPS) is 14.7. The average Bonchev–Trinajstić information content (AvgIpc) is 3.74. The van der Waals surface area contributed by atoms with Crippen molar-refractivity contribution in [3.05, 3.63) is 68.4 Å². The van der Waals surface area contributed by atoms with Crippen LogP contribution in [0, 0.1) is 18.7 Å². The monoisotopic (exact) mass is 612 g/mol. The molecule has 0 N–H and O–H groups in total. The summed E-state index contributed by atoms with van der Waals surface area (Å²) in [6.45, 7) is 10.4. The fourth-order valence-corrected chi connectivity index (χ4v) is 6.79. The lowest BCUT2D eigenvalue weighted by molar-refractivity contribution is -0.138. The van der Waals surface area contributed by atoms with Gasteiger partial charge < -0.3 is 14.4 Å². The zero-order chi connectivity index (χ0) is 31.1. The van der Waals surface area contributed by atoms with Gasteiger partial charge in [-0.25, -0.2) is 13.8 Å². The van der Waals surface area contributed by atoms with Crippen molar-refractivity contribution < 1.29 is 18.7 Å². The van der Waals surface area contributed by atoms with Gasteiger partial charge in [-0.15, -0.1) is 4.80 Å². The van der Waals surface area contributed by atoms with Crippen LogP contribution in [-0.4, -0.2) is 61.7 Å². The van der Waals surface area contributed by atoms with Crippen LogP contribution in [0.5, 0.6) is 5.75 Å². The van der Waals surface area contributed by atoms with E-state index in [4.69, 9.17) is 9.47 Å². The smallest absolute Gasteiger partial charge is 0.333 e. The first-order valence-electron chi connectivity index (χ1n) is 14.4. The maximum atomic E-state index is 14.6. The number of aromatic nitrogens is 5. The standard InChI is InChI=1S/C30H37FN6O5S/c1-18(2)17-42-23(21-15-20(31)9-10-22(21)41-6)16-35-27-24(19(3)26(43-27)37-32-11-12-33-37)25(38)36(29(35)40)30(4,5)28(39)34-13-7-8-14-34/h9-12,15,18,23H,7-8,13-14,16-17H2,1-6H3/t23-/m0/s1. The zero-order valence-electron chi connectivity index (χ0n) is 25.3. The fourth-order valence-electron chi connectivity index (χ4n) is 5.57. The molecule has 1 aliphatic heterocycles. The van der Waals surface area contributed by atoms with Gasteiger partial charge >= 0.3 is 5.69 Å². The van der Waals surface area contributed by atoms with E-state index in [1.165, 1.54) is 58.4 Å². The molecule has 13 heteroatoms. The van der Waals surface area contributed by atoms with E-state index < -0.39 is 28.7 Å². The summed E-state index contributed by atoms with van der Waals surface area (Å²) in [6.07, 6.45) is 3.98. The topological polar surface area (TPSA) is 113 Å². The lowest BCUT2D eigenvalue weighted by Gasteiger charge is -2.31. The van der Waals surface area contributed by atoms with Crippen molar-refractivity contribution in [1.29, 1.82) is 0 Å². The van der Waals surface area contributed by atoms with Crippen molar-refractivity contribution in [3.8, 4) is 10.8 Å². The molecule has 5 rings (SSSR count). The molecule has 0 unspecified atom stereocenters. The Morgan fingerprint density at radius 3 is 2.44 bits per heavy atom. The minimum Gasteiger partial charge on any atom is -0.496 e. The fraction of sp³-hybridized carbons (Fsp3) is 0.500. The van der Waals surface area contributed by atoms with Gasteiger partial charge in [0.15, 0.2) is 0 Å². The van der Waals surface area contributed by atoms with Crippen molar-refractivity contribution >= 4 is 27.5 Å². The van der Waals surface area contributed by atoms with E-state index in [9.17, 15) is 18.8 Å². The summed E-state index contributed by atoms with van der Waals surface area (Å²) in [5.41, 5.74) is -1.70. The third kappa shape index (κ3) is 5.63. The number of thiophene rings is 1. The molecule has 1 aliphatic rings. The van der Waals surface area contributed by atoms with Crippen LogP contribution < -0.4 is 16.0 Å². The number of aryl methyl sites for hydroxylation is 1. The SMILES string of the molecule is COc1ccc(F)cc1[C@H](Cn1c(=O)n(C(C)(C)C(=O)N2CCCC2)c(=O)c2c(C)c(-n3nccn3)sc21)OCC(C)C. The molecule has 11 nitrogen and oxygen atoms in total. The Balaban J connectivity index is 1.77. The van der Waals surface area contributed by atoms with E-state index >= 15 is 0 Å². The van der Waals surface area contributed by atoms with E-state index in [1.807, 2.05) is 13.8 Å². The van der Waals surface area contributed by atoms with Gasteiger partial charge in [-0.3, -0.25) is 14.2 Å². The number of ether oxygens (including phenoxy) is 2. The molecule has 0 aliphatic carbocycles. The number of benzene rings is 1. The van der Waals surface area contributed by atoms with E-state index in [-0.39, 0.29) is 23.8 Å². The van der Waals surface area contributed by atoms with Gasteiger partial charge in [-0.05, 0) is 57.7 Å². The van der Waals surface area contributed by atoms with Crippen molar-refractivity contribution in [1.82, 2.24) is 29.0 Å². The van der Waals surface area contributed by atoms with Gasteiger partial charge in [0, 0.05) is 30.8 Å². The molecule has 1 amide bonds. The van der Waals surface area contributed by atoms with Crippen LogP contribution in [0.1, 0.15) is 57.8 Å². The summed E-state index contributed by atoms with van der Waals surface area (Å²) < 4.78 is 28.9. The van der Waals surface area contributed by atoms with Crippen molar-refractivity contribution in [2.24, 2.45) is 5.92 Å². The lowest BCUT2D eigenvalue weighted by atomic mass is 10.0. The Hall–Kier alpha value is -3.84. The van der Waals surface area contributed by atoms with E-state index in [0.29, 0.717) is 46.4 Å². The third-order valence-electron chi connectivity index (χ3n) is 7.78. The van der Waals surface area contributed by atoms with Gasteiger partial charge in [0.2, 0.25) is 5.91 Å². The molecule has 230 valence electrons. The van der Waals surface area contributed by atoms with Gasteiger partial charge in [0.1, 0.15) is 33.0 Å². The Kier molecular flexibility index (Phi) is 8.57. The summed E-state index contributed by atoms with van der Waals surface area (Å²) in [6, 6.07) is 4.15. The van der Waals surface area contributed by atoms with Crippen LogP contribution >= 0.6 is 11.3 Å². The number of rotatable bonds is 10. The highest BCUT2D eigenvalue weighted by atomic mass is 32.1. The largest absolute Gasteiger partial charge is 0.496 e. The summed E-state index contributed by atoms with van der Waals surface area (Å²) in [5, 5.41) is 9.33. The summed E-state index contributed by atoms with van der Waals surface area (Å²) in [7, 11) is 1.49. The second kappa shape index (κ2) is 12.0. The summed E-state index contributed by atoms with van der Waals surface area (Å²) in [4.78, 5) is 45.9. The average molecular weight is 613 g/mol. The second-order valence-corrected chi connectivity index (χ2v) is 12.7. The first-order valence-corrected chi connectivity index (χ1v) is 15.2. The number of amides is 1. The van der Waals surface area contributed by atoms with Crippen LogP contribution in [0.2, 0.25) is 0 Å². The number of likely N-dealkylation sites (tertiary alicyclic amines) is 1. The Morgan fingerprint density at radius 1 is 1.14 bits per heavy atom. The van der Waals surface area contributed by atoms with Gasteiger partial charge in [-0.1, -0.05) is 25.2 Å². The predicted molar refractivity (Wildman–Crippen MR) is 162 cm³/mol. The maximum absolute atomic E-state index is 14.6. The Morgan fingerprint density at radius 2 is 1.81 bits per heavy atom. The van der Waals surface area contributed by atoms with Gasteiger partial charge in [0.25, 0.3) is 5.56 Å². The molecule has 0 radical (unpaired) electrons. The zero-order valence-corrected chi connectivity index (χ0v) is 26.1. The molecular formula is C30H37FN6O5S. The lowest BCUT2D eigenvalue weighted by Crippen LogP contribution is -2.56. The number of methoxy groups -OCH3 is 1. The minimum atomic E-state index is -1.47. The first-order chi connectivity index (χ1) is 20.4. The molecule has 43 heavy (non-hydrogen) atoms. The van der Waals surface area contributed by atoms with E-state index in [2.05, 4.69) is 10.2 Å². The molecule has 4 heterocycles. The van der Waals surface area contributed by atoms with Crippen LogP contribution in [-0.2, 0) is 21.6 Å². The molecule has 0 bridgehead atoms. The van der Waals surface area contributed by atoms with E-state index in [0.717, 1.165) is 17.4 Å². The molecule has 0 spiro atoms. The molecule has 0 saturated carbocycles.